The number of nitro benzene ring substituents is 1. The standard InChI is InChI=1S/C14H9Br3N2O4/c15-8-4-11(16)14(12(17)5-8)23-7-13(20)18-9-2-1-3-10(6-9)19(21)22/h1-6H,7H2,(H,18,20). The zero-order chi connectivity index (χ0) is 17.0. The van der Waals surface area contributed by atoms with Gasteiger partial charge in [0.1, 0.15) is 5.75 Å². The van der Waals surface area contributed by atoms with E-state index in [1.54, 1.807) is 18.2 Å². The van der Waals surface area contributed by atoms with E-state index in [2.05, 4.69) is 53.1 Å². The Labute approximate surface area is 156 Å². The van der Waals surface area contributed by atoms with Crippen molar-refractivity contribution in [2.24, 2.45) is 0 Å². The van der Waals surface area contributed by atoms with Crippen LogP contribution in [0.2, 0.25) is 0 Å². The van der Waals surface area contributed by atoms with Crippen molar-refractivity contribution in [1.29, 1.82) is 0 Å². The topological polar surface area (TPSA) is 81.5 Å². The van der Waals surface area contributed by atoms with Crippen LogP contribution in [0, 0.1) is 10.1 Å². The molecule has 1 amide bonds. The Kier molecular flexibility index (Phi) is 6.14. The first-order chi connectivity index (χ1) is 10.9. The quantitative estimate of drug-likeness (QED) is 0.460. The molecule has 0 fully saturated rings. The number of hydrogen-bond acceptors (Lipinski definition) is 4. The number of rotatable bonds is 5. The monoisotopic (exact) mass is 506 g/mol. The Balaban J connectivity index is 2.01. The maximum Gasteiger partial charge on any atom is 0.271 e. The van der Waals surface area contributed by atoms with E-state index >= 15 is 0 Å². The molecular formula is C14H9Br3N2O4. The Morgan fingerprint density at radius 1 is 1.17 bits per heavy atom. The minimum atomic E-state index is -0.526. The molecule has 0 bridgehead atoms. The predicted octanol–water partition coefficient (Wildman–Crippen LogP) is 4.90. The van der Waals surface area contributed by atoms with Crippen LogP contribution in [-0.4, -0.2) is 17.4 Å². The average Bonchev–Trinajstić information content (AvgIpc) is 2.46. The van der Waals surface area contributed by atoms with Crippen LogP contribution in [0.5, 0.6) is 5.75 Å². The Morgan fingerprint density at radius 3 is 2.43 bits per heavy atom. The molecule has 0 heterocycles. The van der Waals surface area contributed by atoms with Crippen molar-refractivity contribution in [1.82, 2.24) is 0 Å². The lowest BCUT2D eigenvalue weighted by molar-refractivity contribution is -0.384. The summed E-state index contributed by atoms with van der Waals surface area (Å²) in [4.78, 5) is 22.1. The average molecular weight is 509 g/mol. The SMILES string of the molecule is O=C(COc1c(Br)cc(Br)cc1Br)Nc1cccc([N+](=O)[O-])c1. The first-order valence-electron chi connectivity index (χ1n) is 6.18. The molecular weight excluding hydrogens is 500 g/mol. The molecule has 0 saturated heterocycles. The number of ether oxygens (including phenoxy) is 1. The third kappa shape index (κ3) is 5.02. The van der Waals surface area contributed by atoms with Crippen molar-refractivity contribution in [2.45, 2.75) is 0 Å². The molecule has 2 aromatic rings. The Morgan fingerprint density at radius 2 is 1.83 bits per heavy atom. The van der Waals surface area contributed by atoms with Gasteiger partial charge in [0.2, 0.25) is 0 Å². The van der Waals surface area contributed by atoms with E-state index in [9.17, 15) is 14.9 Å². The maximum absolute atomic E-state index is 11.9. The van der Waals surface area contributed by atoms with Gasteiger partial charge in [-0.25, -0.2) is 0 Å². The molecule has 0 atom stereocenters. The van der Waals surface area contributed by atoms with E-state index in [0.29, 0.717) is 20.4 Å². The molecule has 120 valence electrons. The van der Waals surface area contributed by atoms with Gasteiger partial charge in [0.05, 0.1) is 13.9 Å². The van der Waals surface area contributed by atoms with Crippen LogP contribution in [0.15, 0.2) is 49.8 Å². The second-order valence-corrected chi connectivity index (χ2v) is 6.97. The van der Waals surface area contributed by atoms with E-state index in [1.807, 2.05) is 0 Å². The van der Waals surface area contributed by atoms with Gasteiger partial charge in [-0.3, -0.25) is 14.9 Å². The molecule has 9 heteroatoms. The fourth-order valence-electron chi connectivity index (χ4n) is 1.70. The van der Waals surface area contributed by atoms with Gasteiger partial charge in [-0.15, -0.1) is 0 Å². The third-order valence-corrected chi connectivity index (χ3v) is 4.29. The summed E-state index contributed by atoms with van der Waals surface area (Å²) < 4.78 is 7.69. The number of carbonyl (C=O) groups is 1. The Hall–Kier alpha value is -1.45. The second-order valence-electron chi connectivity index (χ2n) is 4.34. The fraction of sp³-hybridized carbons (Fsp3) is 0.0714. The van der Waals surface area contributed by atoms with Crippen molar-refractivity contribution in [3.05, 3.63) is 59.9 Å². The summed E-state index contributed by atoms with van der Waals surface area (Å²) in [7, 11) is 0. The number of benzene rings is 2. The molecule has 1 N–H and O–H groups in total. The van der Waals surface area contributed by atoms with E-state index in [1.165, 1.54) is 18.2 Å². The lowest BCUT2D eigenvalue weighted by atomic mass is 10.3. The van der Waals surface area contributed by atoms with Crippen LogP contribution in [0.25, 0.3) is 0 Å². The van der Waals surface area contributed by atoms with Gasteiger partial charge in [0.25, 0.3) is 11.6 Å². The number of hydrogen-bond donors (Lipinski definition) is 1. The van der Waals surface area contributed by atoms with Gasteiger partial charge >= 0.3 is 0 Å². The molecule has 6 nitrogen and oxygen atoms in total. The smallest absolute Gasteiger partial charge is 0.271 e. The number of halogens is 3. The highest BCUT2D eigenvalue weighted by Crippen LogP contribution is 2.36. The predicted molar refractivity (Wildman–Crippen MR) is 96.8 cm³/mol. The first-order valence-corrected chi connectivity index (χ1v) is 8.56. The highest BCUT2D eigenvalue weighted by Gasteiger charge is 2.12. The van der Waals surface area contributed by atoms with Crippen LogP contribution in [0.1, 0.15) is 0 Å². The summed E-state index contributed by atoms with van der Waals surface area (Å²) in [6.07, 6.45) is 0. The number of anilines is 1. The molecule has 2 aromatic carbocycles. The van der Waals surface area contributed by atoms with Crippen molar-refractivity contribution >= 4 is 65.1 Å². The van der Waals surface area contributed by atoms with Gasteiger partial charge < -0.3 is 10.1 Å². The molecule has 0 unspecified atom stereocenters. The van der Waals surface area contributed by atoms with Gasteiger partial charge in [-0.05, 0) is 50.1 Å². The largest absolute Gasteiger partial charge is 0.481 e. The van der Waals surface area contributed by atoms with Gasteiger partial charge in [0.15, 0.2) is 6.61 Å². The molecule has 2 rings (SSSR count). The van der Waals surface area contributed by atoms with Crippen LogP contribution in [-0.2, 0) is 4.79 Å². The molecule has 0 saturated carbocycles. The molecule has 23 heavy (non-hydrogen) atoms. The van der Waals surface area contributed by atoms with Crippen molar-refractivity contribution in [2.75, 3.05) is 11.9 Å². The molecule has 0 aliphatic heterocycles. The van der Waals surface area contributed by atoms with Crippen molar-refractivity contribution in [3.8, 4) is 5.75 Å². The third-order valence-electron chi connectivity index (χ3n) is 2.65. The molecule has 0 aliphatic carbocycles. The fourth-order valence-corrected chi connectivity index (χ4v) is 4.19. The number of non-ortho nitro benzene ring substituents is 1. The second kappa shape index (κ2) is 7.89. The summed E-state index contributed by atoms with van der Waals surface area (Å²) in [5.74, 6) is 0.0645. The lowest BCUT2D eigenvalue weighted by Gasteiger charge is -2.11. The number of carbonyl (C=O) groups excluding carboxylic acids is 1. The van der Waals surface area contributed by atoms with Crippen LogP contribution in [0.4, 0.5) is 11.4 Å². The summed E-state index contributed by atoms with van der Waals surface area (Å²) in [5.41, 5.74) is 0.240. The normalized spacial score (nSPS) is 10.2. The van der Waals surface area contributed by atoms with Crippen LogP contribution in [0.3, 0.4) is 0 Å². The molecule has 0 spiro atoms. The molecule has 0 radical (unpaired) electrons. The highest BCUT2D eigenvalue weighted by molar-refractivity contribution is 9.11. The van der Waals surface area contributed by atoms with E-state index < -0.39 is 10.8 Å². The number of nitrogens with zero attached hydrogens (tertiary/aromatic N) is 1. The first kappa shape index (κ1) is 17.9. The summed E-state index contributed by atoms with van der Waals surface area (Å²) in [6.45, 7) is -0.235. The van der Waals surface area contributed by atoms with Crippen LogP contribution >= 0.6 is 47.8 Å². The maximum atomic E-state index is 11.9. The number of nitrogens with one attached hydrogen (secondary N) is 1. The minimum absolute atomic E-state index is 0.0953. The van der Waals surface area contributed by atoms with Gasteiger partial charge in [-0.2, -0.15) is 0 Å². The molecule has 0 aliphatic rings. The van der Waals surface area contributed by atoms with Gasteiger partial charge in [0, 0.05) is 22.3 Å². The lowest BCUT2D eigenvalue weighted by Crippen LogP contribution is -2.20. The Bertz CT molecular complexity index is 744. The summed E-state index contributed by atoms with van der Waals surface area (Å²) >= 11 is 10.0. The minimum Gasteiger partial charge on any atom is -0.481 e. The highest BCUT2D eigenvalue weighted by atomic mass is 79.9. The molecule has 0 aromatic heterocycles. The zero-order valence-electron chi connectivity index (χ0n) is 11.4. The van der Waals surface area contributed by atoms with E-state index in [4.69, 9.17) is 4.74 Å². The zero-order valence-corrected chi connectivity index (χ0v) is 16.1. The number of nitro groups is 1. The summed E-state index contributed by atoms with van der Waals surface area (Å²) in [6, 6.07) is 9.27. The van der Waals surface area contributed by atoms with Crippen molar-refractivity contribution < 1.29 is 14.5 Å². The van der Waals surface area contributed by atoms with Crippen LogP contribution < -0.4 is 10.1 Å². The number of amides is 1. The van der Waals surface area contributed by atoms with E-state index in [0.717, 1.165) is 4.47 Å². The van der Waals surface area contributed by atoms with Gasteiger partial charge in [-0.1, -0.05) is 22.0 Å². The van der Waals surface area contributed by atoms with E-state index in [-0.39, 0.29) is 12.3 Å². The van der Waals surface area contributed by atoms with Crippen molar-refractivity contribution in [3.63, 3.8) is 0 Å². The summed E-state index contributed by atoms with van der Waals surface area (Å²) in [5, 5.41) is 13.3.